The van der Waals surface area contributed by atoms with Gasteiger partial charge in [0.15, 0.2) is 0 Å². The standard InChI is InChI=1S/C18H19N3OS/c1-2-22-16-7-5-15(6-8-16)17-12-21-18(23-17)13-20-11-14-4-3-9-19-10-14/h3-10,12,20H,2,11,13H2,1H3. The van der Waals surface area contributed by atoms with Gasteiger partial charge in [0.1, 0.15) is 10.8 Å². The van der Waals surface area contributed by atoms with Crippen LogP contribution in [0.1, 0.15) is 17.5 Å². The van der Waals surface area contributed by atoms with Crippen LogP contribution >= 0.6 is 11.3 Å². The fourth-order valence-electron chi connectivity index (χ4n) is 2.22. The van der Waals surface area contributed by atoms with Crippen LogP contribution in [0.4, 0.5) is 0 Å². The molecule has 0 saturated carbocycles. The third-order valence-electron chi connectivity index (χ3n) is 3.33. The van der Waals surface area contributed by atoms with Crippen molar-refractivity contribution in [3.8, 4) is 16.2 Å². The third kappa shape index (κ3) is 4.37. The van der Waals surface area contributed by atoms with Crippen LogP contribution in [0, 0.1) is 0 Å². The fraction of sp³-hybridized carbons (Fsp3) is 0.222. The molecule has 2 heterocycles. The zero-order valence-corrected chi connectivity index (χ0v) is 13.8. The van der Waals surface area contributed by atoms with Gasteiger partial charge in [0.05, 0.1) is 11.5 Å². The molecule has 1 N–H and O–H groups in total. The van der Waals surface area contributed by atoms with Gasteiger partial charge in [-0.25, -0.2) is 4.98 Å². The summed E-state index contributed by atoms with van der Waals surface area (Å²) in [5, 5.41) is 4.48. The topological polar surface area (TPSA) is 47.0 Å². The van der Waals surface area contributed by atoms with Crippen molar-refractivity contribution < 1.29 is 4.74 Å². The van der Waals surface area contributed by atoms with E-state index in [1.54, 1.807) is 17.5 Å². The first kappa shape index (κ1) is 15.6. The minimum absolute atomic E-state index is 0.687. The van der Waals surface area contributed by atoms with E-state index in [4.69, 9.17) is 4.74 Å². The molecule has 0 radical (unpaired) electrons. The average Bonchev–Trinajstić information content (AvgIpc) is 3.06. The predicted molar refractivity (Wildman–Crippen MR) is 93.5 cm³/mol. The van der Waals surface area contributed by atoms with Crippen LogP contribution in [0.5, 0.6) is 5.75 Å². The van der Waals surface area contributed by atoms with Crippen molar-refractivity contribution in [3.05, 3.63) is 65.6 Å². The largest absolute Gasteiger partial charge is 0.494 e. The number of thiazole rings is 1. The molecule has 0 unspecified atom stereocenters. The molecule has 0 saturated heterocycles. The molecule has 3 rings (SSSR count). The summed E-state index contributed by atoms with van der Waals surface area (Å²) >= 11 is 1.71. The Bertz CT molecular complexity index is 726. The number of nitrogens with zero attached hydrogens (tertiary/aromatic N) is 2. The first-order valence-corrected chi connectivity index (χ1v) is 8.44. The van der Waals surface area contributed by atoms with E-state index in [0.29, 0.717) is 6.61 Å². The van der Waals surface area contributed by atoms with Crippen molar-refractivity contribution in [2.24, 2.45) is 0 Å². The first-order chi connectivity index (χ1) is 11.3. The lowest BCUT2D eigenvalue weighted by molar-refractivity contribution is 0.340. The number of nitrogens with one attached hydrogen (secondary N) is 1. The quantitative estimate of drug-likeness (QED) is 0.716. The van der Waals surface area contributed by atoms with Crippen molar-refractivity contribution >= 4 is 11.3 Å². The predicted octanol–water partition coefficient (Wildman–Crippen LogP) is 3.89. The number of benzene rings is 1. The summed E-state index contributed by atoms with van der Waals surface area (Å²) in [6.45, 7) is 4.23. The average molecular weight is 325 g/mol. The van der Waals surface area contributed by atoms with Crippen LogP contribution in [0.25, 0.3) is 10.4 Å². The minimum Gasteiger partial charge on any atom is -0.494 e. The van der Waals surface area contributed by atoms with Crippen LogP contribution in [-0.2, 0) is 13.1 Å². The number of hydrogen-bond acceptors (Lipinski definition) is 5. The summed E-state index contributed by atoms with van der Waals surface area (Å²) in [6, 6.07) is 12.2. The molecule has 3 aromatic rings. The molecule has 4 nitrogen and oxygen atoms in total. The normalized spacial score (nSPS) is 10.7. The molecule has 0 aliphatic carbocycles. The van der Waals surface area contributed by atoms with Gasteiger partial charge in [-0.2, -0.15) is 0 Å². The van der Waals surface area contributed by atoms with Crippen molar-refractivity contribution in [2.75, 3.05) is 6.61 Å². The van der Waals surface area contributed by atoms with Crippen LogP contribution in [-0.4, -0.2) is 16.6 Å². The molecule has 0 aliphatic rings. The van der Waals surface area contributed by atoms with Gasteiger partial charge < -0.3 is 10.1 Å². The van der Waals surface area contributed by atoms with Crippen molar-refractivity contribution in [1.29, 1.82) is 0 Å². The van der Waals surface area contributed by atoms with E-state index in [9.17, 15) is 0 Å². The first-order valence-electron chi connectivity index (χ1n) is 7.62. The lowest BCUT2D eigenvalue weighted by atomic mass is 10.2. The highest BCUT2D eigenvalue weighted by Gasteiger charge is 2.05. The van der Waals surface area contributed by atoms with Crippen LogP contribution in [0.3, 0.4) is 0 Å². The maximum Gasteiger partial charge on any atom is 0.119 e. The molecular weight excluding hydrogens is 306 g/mol. The van der Waals surface area contributed by atoms with Crippen LogP contribution in [0.2, 0.25) is 0 Å². The summed E-state index contributed by atoms with van der Waals surface area (Å²) < 4.78 is 5.47. The second-order valence-corrected chi connectivity index (χ2v) is 6.16. The van der Waals surface area contributed by atoms with Gasteiger partial charge in [0.25, 0.3) is 0 Å². The molecule has 0 aliphatic heterocycles. The molecule has 0 bridgehead atoms. The maximum absolute atomic E-state index is 5.47. The number of pyridine rings is 1. The highest BCUT2D eigenvalue weighted by molar-refractivity contribution is 7.15. The zero-order chi connectivity index (χ0) is 15.9. The Hall–Kier alpha value is -2.24. The Morgan fingerprint density at radius 1 is 1.09 bits per heavy atom. The number of ether oxygens (including phenoxy) is 1. The van der Waals surface area contributed by atoms with Gasteiger partial charge in [-0.15, -0.1) is 11.3 Å². The van der Waals surface area contributed by atoms with Gasteiger partial charge in [0, 0.05) is 31.7 Å². The van der Waals surface area contributed by atoms with Gasteiger partial charge in [0.2, 0.25) is 0 Å². The second-order valence-electron chi connectivity index (χ2n) is 5.04. The smallest absolute Gasteiger partial charge is 0.119 e. The van der Waals surface area contributed by atoms with E-state index in [2.05, 4.69) is 33.5 Å². The molecule has 1 aromatic carbocycles. The fourth-order valence-corrected chi connectivity index (χ4v) is 3.12. The molecule has 2 aromatic heterocycles. The Morgan fingerprint density at radius 2 is 1.96 bits per heavy atom. The highest BCUT2D eigenvalue weighted by Crippen LogP contribution is 2.27. The number of hydrogen-bond donors (Lipinski definition) is 1. The SMILES string of the molecule is CCOc1ccc(-c2cnc(CNCc3cccnc3)s2)cc1. The molecule has 0 atom stereocenters. The lowest BCUT2D eigenvalue weighted by Gasteiger charge is -2.03. The molecule has 0 amide bonds. The number of rotatable bonds is 7. The Kier molecular flexibility index (Phi) is 5.34. The summed E-state index contributed by atoms with van der Waals surface area (Å²) in [5.41, 5.74) is 2.35. The molecule has 118 valence electrons. The zero-order valence-electron chi connectivity index (χ0n) is 13.0. The van der Waals surface area contributed by atoms with Crippen LogP contribution in [0.15, 0.2) is 55.0 Å². The molecule has 0 fully saturated rings. The van der Waals surface area contributed by atoms with Crippen molar-refractivity contribution in [3.63, 3.8) is 0 Å². The van der Waals surface area contributed by atoms with Crippen LogP contribution < -0.4 is 10.1 Å². The molecule has 0 spiro atoms. The van der Waals surface area contributed by atoms with E-state index in [1.165, 1.54) is 16.0 Å². The lowest BCUT2D eigenvalue weighted by Crippen LogP contribution is -2.12. The Labute approximate surface area is 140 Å². The Morgan fingerprint density at radius 3 is 2.70 bits per heavy atom. The van der Waals surface area contributed by atoms with E-state index >= 15 is 0 Å². The van der Waals surface area contributed by atoms with E-state index < -0.39 is 0 Å². The molecule has 23 heavy (non-hydrogen) atoms. The van der Waals surface area contributed by atoms with E-state index in [1.807, 2.05) is 37.5 Å². The van der Waals surface area contributed by atoms with Crippen molar-refractivity contribution in [2.45, 2.75) is 20.0 Å². The highest BCUT2D eigenvalue weighted by atomic mass is 32.1. The Balaban J connectivity index is 1.57. The summed E-state index contributed by atoms with van der Waals surface area (Å²) in [6.07, 6.45) is 5.59. The minimum atomic E-state index is 0.687. The monoisotopic (exact) mass is 325 g/mol. The summed E-state index contributed by atoms with van der Waals surface area (Å²) in [5.74, 6) is 0.902. The maximum atomic E-state index is 5.47. The second kappa shape index (κ2) is 7.85. The number of aromatic nitrogens is 2. The van der Waals surface area contributed by atoms with Gasteiger partial charge >= 0.3 is 0 Å². The van der Waals surface area contributed by atoms with Crippen molar-refractivity contribution in [1.82, 2.24) is 15.3 Å². The summed E-state index contributed by atoms with van der Waals surface area (Å²) in [7, 11) is 0. The molecule has 5 heteroatoms. The third-order valence-corrected chi connectivity index (χ3v) is 4.38. The molecular formula is C18H19N3OS. The van der Waals surface area contributed by atoms with Gasteiger partial charge in [-0.3, -0.25) is 4.98 Å². The van der Waals surface area contributed by atoms with Gasteiger partial charge in [-0.05, 0) is 48.4 Å². The summed E-state index contributed by atoms with van der Waals surface area (Å²) in [4.78, 5) is 9.78. The van der Waals surface area contributed by atoms with E-state index in [0.717, 1.165) is 23.8 Å². The van der Waals surface area contributed by atoms with Gasteiger partial charge in [-0.1, -0.05) is 6.07 Å². The van der Waals surface area contributed by atoms with E-state index in [-0.39, 0.29) is 0 Å².